The molecule has 1 fully saturated rings. The Balaban J connectivity index is 1.43. The molecule has 1 amide bonds. The van der Waals surface area contributed by atoms with E-state index in [0.717, 1.165) is 36.1 Å². The first-order valence-electron chi connectivity index (χ1n) is 9.58. The highest BCUT2D eigenvalue weighted by Crippen LogP contribution is 2.49. The van der Waals surface area contributed by atoms with E-state index >= 15 is 0 Å². The second-order valence-corrected chi connectivity index (χ2v) is 8.46. The molecule has 2 aliphatic rings. The van der Waals surface area contributed by atoms with E-state index in [2.05, 4.69) is 5.32 Å². The molecule has 6 heteroatoms. The van der Waals surface area contributed by atoms with Crippen LogP contribution in [-0.2, 0) is 11.2 Å². The lowest BCUT2D eigenvalue weighted by Gasteiger charge is -2.48. The minimum absolute atomic E-state index is 0.0132. The first-order valence-corrected chi connectivity index (χ1v) is 10.3. The summed E-state index contributed by atoms with van der Waals surface area (Å²) in [5.74, 6) is 1.48. The van der Waals surface area contributed by atoms with Crippen LogP contribution in [0.1, 0.15) is 49.3 Å². The van der Waals surface area contributed by atoms with Gasteiger partial charge in [-0.2, -0.15) is 0 Å². The fraction of sp³-hybridized carbons (Fsp3) is 0.409. The Labute approximate surface area is 175 Å². The predicted octanol–water partition coefficient (Wildman–Crippen LogP) is 5.50. The quantitative estimate of drug-likeness (QED) is 0.695. The lowest BCUT2D eigenvalue weighted by atomic mass is 9.73. The zero-order valence-electron chi connectivity index (χ0n) is 15.8. The van der Waals surface area contributed by atoms with Gasteiger partial charge >= 0.3 is 0 Å². The van der Waals surface area contributed by atoms with E-state index in [1.807, 2.05) is 36.4 Å². The SMILES string of the molecule is COc1ccc(CCC(=O)NC2CC3(CCC3)Oc3ccc(Cl)cc32)cc1Cl. The minimum atomic E-state index is -0.137. The Hall–Kier alpha value is -1.91. The van der Waals surface area contributed by atoms with Gasteiger partial charge in [0.2, 0.25) is 5.91 Å². The van der Waals surface area contributed by atoms with Crippen molar-refractivity contribution in [3.63, 3.8) is 0 Å². The Morgan fingerprint density at radius 1 is 1.25 bits per heavy atom. The molecule has 0 saturated heterocycles. The summed E-state index contributed by atoms with van der Waals surface area (Å²) >= 11 is 12.4. The highest BCUT2D eigenvalue weighted by Gasteiger charge is 2.45. The van der Waals surface area contributed by atoms with E-state index in [4.69, 9.17) is 32.7 Å². The number of aryl methyl sites for hydroxylation is 1. The number of rotatable bonds is 5. The van der Waals surface area contributed by atoms with Gasteiger partial charge in [-0.05, 0) is 61.6 Å². The summed E-state index contributed by atoms with van der Waals surface area (Å²) in [4.78, 5) is 12.7. The average Bonchev–Trinajstić information content (AvgIpc) is 2.65. The molecule has 1 aliphatic heterocycles. The third-order valence-electron chi connectivity index (χ3n) is 5.71. The number of nitrogens with one attached hydrogen (secondary N) is 1. The van der Waals surface area contributed by atoms with Gasteiger partial charge in [-0.25, -0.2) is 0 Å². The third-order valence-corrected chi connectivity index (χ3v) is 6.24. The van der Waals surface area contributed by atoms with E-state index in [-0.39, 0.29) is 17.6 Å². The molecule has 0 aromatic heterocycles. The molecule has 1 N–H and O–H groups in total. The lowest BCUT2D eigenvalue weighted by Crippen LogP contribution is -2.49. The second-order valence-electron chi connectivity index (χ2n) is 7.61. The van der Waals surface area contributed by atoms with Crippen LogP contribution in [0.5, 0.6) is 11.5 Å². The van der Waals surface area contributed by atoms with E-state index in [9.17, 15) is 4.79 Å². The van der Waals surface area contributed by atoms with Crippen LogP contribution in [0.25, 0.3) is 0 Å². The molecule has 1 aliphatic carbocycles. The topological polar surface area (TPSA) is 47.6 Å². The molecule has 1 heterocycles. The van der Waals surface area contributed by atoms with E-state index < -0.39 is 0 Å². The molecule has 1 spiro atoms. The Morgan fingerprint density at radius 2 is 2.07 bits per heavy atom. The average molecular weight is 420 g/mol. The molecule has 2 aromatic rings. The third kappa shape index (κ3) is 3.94. The van der Waals surface area contributed by atoms with Gasteiger partial charge in [0.25, 0.3) is 0 Å². The van der Waals surface area contributed by atoms with Crippen LogP contribution < -0.4 is 14.8 Å². The summed E-state index contributed by atoms with van der Waals surface area (Å²) in [5, 5.41) is 4.41. The number of carbonyl (C=O) groups excluding carboxylic acids is 1. The van der Waals surface area contributed by atoms with Crippen molar-refractivity contribution in [2.45, 2.75) is 50.2 Å². The number of halogens is 2. The fourth-order valence-electron chi connectivity index (χ4n) is 4.04. The fourth-order valence-corrected chi connectivity index (χ4v) is 4.50. The van der Waals surface area contributed by atoms with Crippen molar-refractivity contribution in [2.24, 2.45) is 0 Å². The first-order chi connectivity index (χ1) is 13.5. The van der Waals surface area contributed by atoms with Gasteiger partial charge < -0.3 is 14.8 Å². The standard InChI is InChI=1S/C22H23Cl2NO3/c1-27-20-6-3-14(11-17(20)24)4-8-21(26)25-18-13-22(9-2-10-22)28-19-7-5-15(23)12-16(18)19/h3,5-7,11-12,18H,2,4,8-10,13H2,1H3,(H,25,26). The first kappa shape index (κ1) is 19.4. The predicted molar refractivity (Wildman–Crippen MR) is 110 cm³/mol. The van der Waals surface area contributed by atoms with Crippen molar-refractivity contribution in [2.75, 3.05) is 7.11 Å². The van der Waals surface area contributed by atoms with Crippen molar-refractivity contribution in [1.29, 1.82) is 0 Å². The van der Waals surface area contributed by atoms with Crippen LogP contribution in [0.4, 0.5) is 0 Å². The van der Waals surface area contributed by atoms with Gasteiger partial charge in [-0.15, -0.1) is 0 Å². The number of hydrogen-bond donors (Lipinski definition) is 1. The smallest absolute Gasteiger partial charge is 0.220 e. The second kappa shape index (κ2) is 7.84. The molecular weight excluding hydrogens is 397 g/mol. The molecule has 1 unspecified atom stereocenters. The number of fused-ring (bicyclic) bond motifs is 1. The molecule has 0 radical (unpaired) electrons. The molecule has 4 rings (SSSR count). The molecule has 4 nitrogen and oxygen atoms in total. The van der Waals surface area contributed by atoms with Gasteiger partial charge in [0.1, 0.15) is 17.1 Å². The van der Waals surface area contributed by atoms with Gasteiger partial charge in [0.05, 0.1) is 18.2 Å². The summed E-state index contributed by atoms with van der Waals surface area (Å²) < 4.78 is 11.4. The van der Waals surface area contributed by atoms with Crippen LogP contribution in [0, 0.1) is 0 Å². The highest BCUT2D eigenvalue weighted by atomic mass is 35.5. The van der Waals surface area contributed by atoms with E-state index in [1.165, 1.54) is 6.42 Å². The van der Waals surface area contributed by atoms with Crippen molar-refractivity contribution >= 4 is 29.1 Å². The van der Waals surface area contributed by atoms with Crippen molar-refractivity contribution in [1.82, 2.24) is 5.32 Å². The molecule has 148 valence electrons. The summed E-state index contributed by atoms with van der Waals surface area (Å²) in [7, 11) is 1.58. The zero-order valence-corrected chi connectivity index (χ0v) is 17.3. The Bertz CT molecular complexity index is 895. The van der Waals surface area contributed by atoms with Crippen LogP contribution in [0.15, 0.2) is 36.4 Å². The molecule has 1 atom stereocenters. The van der Waals surface area contributed by atoms with Gasteiger partial charge in [-0.1, -0.05) is 29.3 Å². The summed E-state index contributed by atoms with van der Waals surface area (Å²) in [6, 6.07) is 11.2. The number of methoxy groups -OCH3 is 1. The minimum Gasteiger partial charge on any atom is -0.495 e. The number of carbonyl (C=O) groups is 1. The van der Waals surface area contributed by atoms with E-state index in [1.54, 1.807) is 7.11 Å². The van der Waals surface area contributed by atoms with Crippen molar-refractivity contribution in [3.05, 3.63) is 57.6 Å². The van der Waals surface area contributed by atoms with Gasteiger partial charge in [0, 0.05) is 23.4 Å². The molecular formula is C22H23Cl2NO3. The monoisotopic (exact) mass is 419 g/mol. The summed E-state index contributed by atoms with van der Waals surface area (Å²) in [6.07, 6.45) is 5.04. The molecule has 0 bridgehead atoms. The van der Waals surface area contributed by atoms with Crippen molar-refractivity contribution < 1.29 is 14.3 Å². The zero-order chi connectivity index (χ0) is 19.7. The largest absolute Gasteiger partial charge is 0.495 e. The van der Waals surface area contributed by atoms with Crippen LogP contribution >= 0.6 is 23.2 Å². The van der Waals surface area contributed by atoms with Gasteiger partial charge in [0.15, 0.2) is 0 Å². The van der Waals surface area contributed by atoms with Crippen LogP contribution in [0.2, 0.25) is 10.0 Å². The highest BCUT2D eigenvalue weighted by molar-refractivity contribution is 6.32. The van der Waals surface area contributed by atoms with Gasteiger partial charge in [-0.3, -0.25) is 4.79 Å². The Morgan fingerprint density at radius 3 is 2.75 bits per heavy atom. The summed E-state index contributed by atoms with van der Waals surface area (Å²) in [5.41, 5.74) is 1.83. The Kier molecular flexibility index (Phi) is 5.44. The number of benzene rings is 2. The summed E-state index contributed by atoms with van der Waals surface area (Å²) in [6.45, 7) is 0. The van der Waals surface area contributed by atoms with Crippen molar-refractivity contribution in [3.8, 4) is 11.5 Å². The van der Waals surface area contributed by atoms with Crippen LogP contribution in [0.3, 0.4) is 0 Å². The van der Waals surface area contributed by atoms with E-state index in [0.29, 0.717) is 28.6 Å². The molecule has 1 saturated carbocycles. The van der Waals surface area contributed by atoms with Crippen LogP contribution in [-0.4, -0.2) is 18.6 Å². The molecule has 2 aromatic carbocycles. The molecule has 28 heavy (non-hydrogen) atoms. The normalized spacial score (nSPS) is 19.3. The number of amides is 1. The maximum absolute atomic E-state index is 12.7. The number of hydrogen-bond acceptors (Lipinski definition) is 3. The maximum Gasteiger partial charge on any atom is 0.220 e. The number of ether oxygens (including phenoxy) is 2. The lowest BCUT2D eigenvalue weighted by molar-refractivity contribution is -0.123. The maximum atomic E-state index is 12.7.